The summed E-state index contributed by atoms with van der Waals surface area (Å²) in [6.45, 7) is 4.16. The summed E-state index contributed by atoms with van der Waals surface area (Å²) >= 11 is 0. The van der Waals surface area contributed by atoms with Crippen LogP contribution in [0.5, 0.6) is 0 Å². The molecule has 3 heterocycles. The van der Waals surface area contributed by atoms with E-state index < -0.39 is 0 Å². The molecule has 0 unspecified atom stereocenters. The largest absolute Gasteiger partial charge is 0.383 e. The highest BCUT2D eigenvalue weighted by molar-refractivity contribution is 6.02. The average Bonchev–Trinajstić information content (AvgIpc) is 3.30. The topological polar surface area (TPSA) is 106 Å². The first-order valence-corrected chi connectivity index (χ1v) is 11.2. The summed E-state index contributed by atoms with van der Waals surface area (Å²) in [6, 6.07) is 17.8. The van der Waals surface area contributed by atoms with E-state index in [2.05, 4.69) is 33.7 Å². The van der Waals surface area contributed by atoms with Crippen LogP contribution in [0.15, 0.2) is 79.8 Å². The smallest absolute Gasteiger partial charge is 0.250 e. The molecule has 0 bridgehead atoms. The van der Waals surface area contributed by atoms with E-state index in [1.807, 2.05) is 53.3 Å². The van der Waals surface area contributed by atoms with E-state index >= 15 is 0 Å². The van der Waals surface area contributed by atoms with E-state index in [1.165, 1.54) is 12.4 Å². The van der Waals surface area contributed by atoms with Crippen LogP contribution >= 0.6 is 0 Å². The number of nitrogens with two attached hydrogens (primary N) is 1. The van der Waals surface area contributed by atoms with Crippen molar-refractivity contribution >= 4 is 39.3 Å². The van der Waals surface area contributed by atoms with Gasteiger partial charge in [-0.3, -0.25) is 4.79 Å². The maximum absolute atomic E-state index is 12.8. The number of H-pyrrole nitrogens is 1. The molecule has 2 aromatic carbocycles. The van der Waals surface area contributed by atoms with E-state index in [4.69, 9.17) is 10.8 Å². The van der Waals surface area contributed by atoms with Gasteiger partial charge in [0.1, 0.15) is 17.8 Å². The number of nitrogen functional groups attached to an aromatic ring is 1. The molecule has 8 nitrogen and oxygen atoms in total. The number of carbonyl (C=O) groups is 1. The van der Waals surface area contributed by atoms with Crippen LogP contribution in [-0.2, 0) is 10.3 Å². The van der Waals surface area contributed by atoms with Crippen LogP contribution in [0.4, 0.5) is 11.5 Å². The third-order valence-electron chi connectivity index (χ3n) is 6.56. The highest BCUT2D eigenvalue weighted by Crippen LogP contribution is 2.47. The summed E-state index contributed by atoms with van der Waals surface area (Å²) in [6.07, 6.45) is 6.47. The van der Waals surface area contributed by atoms with Crippen LogP contribution in [-0.4, -0.2) is 37.2 Å². The molecule has 5 aromatic rings. The molecule has 1 aliphatic rings. The van der Waals surface area contributed by atoms with Gasteiger partial charge in [0.15, 0.2) is 5.65 Å². The standard InChI is InChI=1S/C26H23N7O/c1-2-21(34)32(19-6-4-3-5-7-19)15-26(11-12-26)33-25-22(24(27)29-16-30-25)23(31-33)18-9-8-17-10-13-28-20(17)14-18/h2-10,13-14,16,28H,1,11-12,15H2,(H2,27,29,30). The number of carbonyl (C=O) groups excluding carboxylic acids is 1. The monoisotopic (exact) mass is 449 g/mol. The fourth-order valence-electron chi connectivity index (χ4n) is 4.59. The summed E-state index contributed by atoms with van der Waals surface area (Å²) in [5, 5.41) is 6.88. The van der Waals surface area contributed by atoms with Crippen molar-refractivity contribution in [1.82, 2.24) is 24.7 Å². The molecule has 0 radical (unpaired) electrons. The zero-order valence-electron chi connectivity index (χ0n) is 18.5. The number of amides is 1. The molecular weight excluding hydrogens is 426 g/mol. The van der Waals surface area contributed by atoms with Gasteiger partial charge in [0.05, 0.1) is 17.5 Å². The molecule has 0 saturated heterocycles. The van der Waals surface area contributed by atoms with Crippen molar-refractivity contribution < 1.29 is 4.79 Å². The van der Waals surface area contributed by atoms with Gasteiger partial charge >= 0.3 is 0 Å². The number of anilines is 2. The third kappa shape index (κ3) is 3.14. The van der Waals surface area contributed by atoms with Crippen molar-refractivity contribution in [2.24, 2.45) is 0 Å². The molecule has 3 aromatic heterocycles. The maximum Gasteiger partial charge on any atom is 0.250 e. The van der Waals surface area contributed by atoms with Crippen molar-refractivity contribution in [3.8, 4) is 11.3 Å². The van der Waals surface area contributed by atoms with Crippen molar-refractivity contribution in [1.29, 1.82) is 0 Å². The summed E-state index contributed by atoms with van der Waals surface area (Å²) in [4.78, 5) is 26.6. The Labute approximate surface area is 195 Å². The number of benzene rings is 2. The highest BCUT2D eigenvalue weighted by Gasteiger charge is 2.49. The van der Waals surface area contributed by atoms with Gasteiger partial charge in [-0.2, -0.15) is 5.10 Å². The second-order valence-electron chi connectivity index (χ2n) is 8.69. The average molecular weight is 450 g/mol. The Morgan fingerprint density at radius 2 is 2.00 bits per heavy atom. The molecule has 168 valence electrons. The maximum atomic E-state index is 12.8. The zero-order valence-corrected chi connectivity index (χ0v) is 18.5. The Balaban J connectivity index is 1.49. The fraction of sp³-hybridized carbons (Fsp3) is 0.154. The lowest BCUT2D eigenvalue weighted by molar-refractivity contribution is -0.114. The van der Waals surface area contributed by atoms with Crippen LogP contribution in [0.25, 0.3) is 33.2 Å². The molecule has 0 atom stereocenters. The van der Waals surface area contributed by atoms with Gasteiger partial charge in [-0.15, -0.1) is 0 Å². The van der Waals surface area contributed by atoms with Gasteiger partial charge in [0.25, 0.3) is 0 Å². The SMILES string of the molecule is C=CC(=O)N(CC1(n2nc(-c3ccc4cc[nH]c4c3)c3c(N)ncnc32)CC1)c1ccccc1. The second-order valence-corrected chi connectivity index (χ2v) is 8.69. The quantitative estimate of drug-likeness (QED) is 0.377. The molecule has 0 aliphatic heterocycles. The lowest BCUT2D eigenvalue weighted by Gasteiger charge is -2.27. The number of fused-ring (bicyclic) bond motifs is 2. The van der Waals surface area contributed by atoms with E-state index in [-0.39, 0.29) is 11.4 Å². The Morgan fingerprint density at radius 1 is 1.18 bits per heavy atom. The molecule has 3 N–H and O–H groups in total. The Kier molecular flexibility index (Phi) is 4.48. The molecule has 6 rings (SSSR count). The van der Waals surface area contributed by atoms with Crippen LogP contribution < -0.4 is 10.6 Å². The summed E-state index contributed by atoms with van der Waals surface area (Å²) in [5.74, 6) is 0.233. The first-order chi connectivity index (χ1) is 16.6. The number of para-hydroxylation sites is 1. The van der Waals surface area contributed by atoms with Crippen molar-refractivity contribution in [3.63, 3.8) is 0 Å². The number of nitrogens with zero attached hydrogens (tertiary/aromatic N) is 5. The molecule has 1 aliphatic carbocycles. The Bertz CT molecular complexity index is 1550. The van der Waals surface area contributed by atoms with Gasteiger partial charge in [-0.1, -0.05) is 36.9 Å². The van der Waals surface area contributed by atoms with Crippen LogP contribution in [0, 0.1) is 0 Å². The fourth-order valence-corrected chi connectivity index (χ4v) is 4.59. The molecule has 1 amide bonds. The summed E-state index contributed by atoms with van der Waals surface area (Å²) < 4.78 is 1.95. The van der Waals surface area contributed by atoms with Gasteiger partial charge < -0.3 is 15.6 Å². The second kappa shape index (κ2) is 7.55. The lowest BCUT2D eigenvalue weighted by atomic mass is 10.1. The van der Waals surface area contributed by atoms with E-state index in [9.17, 15) is 4.79 Å². The van der Waals surface area contributed by atoms with Crippen LogP contribution in [0.3, 0.4) is 0 Å². The van der Waals surface area contributed by atoms with E-state index in [0.717, 1.165) is 46.1 Å². The van der Waals surface area contributed by atoms with Crippen molar-refractivity contribution in [3.05, 3.63) is 79.8 Å². The lowest BCUT2D eigenvalue weighted by Crippen LogP contribution is -2.39. The molecule has 1 fully saturated rings. The molecule has 8 heteroatoms. The third-order valence-corrected chi connectivity index (χ3v) is 6.56. The van der Waals surface area contributed by atoms with Gasteiger partial charge in [0, 0.05) is 23.0 Å². The number of rotatable bonds is 6. The Morgan fingerprint density at radius 3 is 2.76 bits per heavy atom. The number of nitrogens with one attached hydrogen (secondary N) is 1. The predicted molar refractivity (Wildman–Crippen MR) is 133 cm³/mol. The minimum Gasteiger partial charge on any atom is -0.383 e. The predicted octanol–water partition coefficient (Wildman–Crippen LogP) is 4.27. The minimum atomic E-state index is -0.387. The van der Waals surface area contributed by atoms with Gasteiger partial charge in [0.2, 0.25) is 5.91 Å². The zero-order chi connectivity index (χ0) is 23.3. The van der Waals surface area contributed by atoms with Gasteiger partial charge in [-0.25, -0.2) is 14.6 Å². The van der Waals surface area contributed by atoms with E-state index in [0.29, 0.717) is 18.0 Å². The first kappa shape index (κ1) is 20.2. The minimum absolute atomic E-state index is 0.152. The molecule has 1 saturated carbocycles. The Hall–Kier alpha value is -4.46. The molecular formula is C26H23N7O. The number of aromatic amines is 1. The summed E-state index contributed by atoms with van der Waals surface area (Å²) in [5.41, 5.74) is 10.1. The molecule has 34 heavy (non-hydrogen) atoms. The first-order valence-electron chi connectivity index (χ1n) is 11.2. The van der Waals surface area contributed by atoms with Gasteiger partial charge in [-0.05, 0) is 48.6 Å². The highest BCUT2D eigenvalue weighted by atomic mass is 16.2. The van der Waals surface area contributed by atoms with Crippen LogP contribution in [0.2, 0.25) is 0 Å². The molecule has 0 spiro atoms. The van der Waals surface area contributed by atoms with Crippen LogP contribution in [0.1, 0.15) is 12.8 Å². The summed E-state index contributed by atoms with van der Waals surface area (Å²) in [7, 11) is 0. The number of hydrogen-bond donors (Lipinski definition) is 2. The normalized spacial score (nSPS) is 14.4. The number of aromatic nitrogens is 5. The van der Waals surface area contributed by atoms with E-state index in [1.54, 1.807) is 4.90 Å². The van der Waals surface area contributed by atoms with Crippen molar-refractivity contribution in [2.45, 2.75) is 18.4 Å². The van der Waals surface area contributed by atoms with Crippen molar-refractivity contribution in [2.75, 3.05) is 17.2 Å². The number of hydrogen-bond acceptors (Lipinski definition) is 5.